The molecule has 0 N–H and O–H groups in total. The van der Waals surface area contributed by atoms with E-state index in [1.54, 1.807) is 6.07 Å². The Balaban J connectivity index is 1.88. The van der Waals surface area contributed by atoms with E-state index in [0.29, 0.717) is 10.6 Å². The van der Waals surface area contributed by atoms with Crippen molar-refractivity contribution in [2.45, 2.75) is 12.2 Å². The number of rotatable bonds is 2. The molecule has 1 aliphatic heterocycles. The van der Waals surface area contributed by atoms with E-state index in [0.717, 1.165) is 11.6 Å². The van der Waals surface area contributed by atoms with Crippen molar-refractivity contribution < 1.29 is 13.5 Å². The molecule has 0 aromatic heterocycles. The van der Waals surface area contributed by atoms with Crippen LogP contribution in [0.3, 0.4) is 0 Å². The Morgan fingerprint density at radius 1 is 0.944 bits per heavy atom. The van der Waals surface area contributed by atoms with Gasteiger partial charge in [-0.1, -0.05) is 35.9 Å². The first-order valence-electron chi connectivity index (χ1n) is 5.51. The van der Waals surface area contributed by atoms with E-state index in [1.165, 1.54) is 12.1 Å². The SMILES string of the molecule is Fc1ccc(C2OC2c2ccccc2Cl)c(F)c1. The highest BCUT2D eigenvalue weighted by atomic mass is 35.5. The van der Waals surface area contributed by atoms with Crippen molar-refractivity contribution in [3.8, 4) is 0 Å². The summed E-state index contributed by atoms with van der Waals surface area (Å²) in [5, 5.41) is 0.590. The highest BCUT2D eigenvalue weighted by molar-refractivity contribution is 6.31. The maximum absolute atomic E-state index is 13.6. The number of ether oxygens (including phenoxy) is 1. The van der Waals surface area contributed by atoms with E-state index in [-0.39, 0.29) is 12.2 Å². The lowest BCUT2D eigenvalue weighted by Gasteiger charge is -2.01. The summed E-state index contributed by atoms with van der Waals surface area (Å²) in [5.74, 6) is -1.18. The molecule has 0 saturated carbocycles. The molecule has 1 saturated heterocycles. The van der Waals surface area contributed by atoms with Crippen LogP contribution in [-0.2, 0) is 4.74 Å². The molecule has 2 aromatic rings. The molecule has 1 nitrogen and oxygen atoms in total. The topological polar surface area (TPSA) is 12.5 Å². The average Bonchev–Trinajstić information content (AvgIpc) is 3.09. The largest absolute Gasteiger partial charge is 0.359 e. The van der Waals surface area contributed by atoms with Gasteiger partial charge in [0.05, 0.1) is 0 Å². The van der Waals surface area contributed by atoms with Crippen molar-refractivity contribution in [3.05, 3.63) is 70.2 Å². The Bertz CT molecular complexity index is 600. The third-order valence-corrected chi connectivity index (χ3v) is 3.32. The third kappa shape index (κ3) is 2.00. The van der Waals surface area contributed by atoms with Crippen LogP contribution in [0.25, 0.3) is 0 Å². The Labute approximate surface area is 108 Å². The van der Waals surface area contributed by atoms with Gasteiger partial charge in [0, 0.05) is 22.2 Å². The van der Waals surface area contributed by atoms with Crippen LogP contribution in [-0.4, -0.2) is 0 Å². The molecule has 0 spiro atoms. The molecule has 1 aliphatic rings. The van der Waals surface area contributed by atoms with Crippen LogP contribution in [0.2, 0.25) is 5.02 Å². The van der Waals surface area contributed by atoms with Crippen molar-refractivity contribution in [1.29, 1.82) is 0 Å². The summed E-state index contributed by atoms with van der Waals surface area (Å²) in [6, 6.07) is 10.8. The molecular formula is C14H9ClF2O. The van der Waals surface area contributed by atoms with Gasteiger partial charge < -0.3 is 4.74 Å². The van der Waals surface area contributed by atoms with Crippen LogP contribution in [0.1, 0.15) is 23.3 Å². The maximum Gasteiger partial charge on any atom is 0.132 e. The standard InChI is InChI=1S/C14H9ClF2O/c15-11-4-2-1-3-9(11)13-14(18-13)10-6-5-8(16)7-12(10)17/h1-7,13-14H. The smallest absolute Gasteiger partial charge is 0.132 e. The van der Waals surface area contributed by atoms with Crippen LogP contribution in [0.4, 0.5) is 8.78 Å². The Hall–Kier alpha value is -1.45. The second-order valence-corrected chi connectivity index (χ2v) is 4.57. The molecule has 4 heteroatoms. The highest BCUT2D eigenvalue weighted by Crippen LogP contribution is 2.53. The summed E-state index contributed by atoms with van der Waals surface area (Å²) in [5.41, 5.74) is 1.19. The fraction of sp³-hybridized carbons (Fsp3) is 0.143. The lowest BCUT2D eigenvalue weighted by Crippen LogP contribution is -1.91. The minimum absolute atomic E-state index is 0.251. The van der Waals surface area contributed by atoms with Gasteiger partial charge in [0.25, 0.3) is 0 Å². The first-order valence-corrected chi connectivity index (χ1v) is 5.89. The van der Waals surface area contributed by atoms with E-state index >= 15 is 0 Å². The second-order valence-electron chi connectivity index (χ2n) is 4.16. The zero-order valence-electron chi connectivity index (χ0n) is 9.24. The number of hydrogen-bond acceptors (Lipinski definition) is 1. The van der Waals surface area contributed by atoms with E-state index in [4.69, 9.17) is 16.3 Å². The predicted molar refractivity (Wildman–Crippen MR) is 64.4 cm³/mol. The Morgan fingerprint density at radius 2 is 1.67 bits per heavy atom. The van der Waals surface area contributed by atoms with Crippen molar-refractivity contribution in [3.63, 3.8) is 0 Å². The molecule has 92 valence electrons. The molecule has 2 atom stereocenters. The molecule has 2 aromatic carbocycles. The summed E-state index contributed by atoms with van der Waals surface area (Å²) in [6.45, 7) is 0. The van der Waals surface area contributed by atoms with Crippen molar-refractivity contribution >= 4 is 11.6 Å². The van der Waals surface area contributed by atoms with E-state index in [2.05, 4.69) is 0 Å². The van der Waals surface area contributed by atoms with Crippen molar-refractivity contribution in [2.24, 2.45) is 0 Å². The van der Waals surface area contributed by atoms with Crippen LogP contribution in [0.15, 0.2) is 42.5 Å². The molecule has 0 radical (unpaired) electrons. The minimum atomic E-state index is -0.591. The van der Waals surface area contributed by atoms with Gasteiger partial charge in [-0.3, -0.25) is 0 Å². The molecule has 1 heterocycles. The molecular weight excluding hydrogens is 258 g/mol. The van der Waals surface area contributed by atoms with Gasteiger partial charge in [0.1, 0.15) is 23.8 Å². The maximum atomic E-state index is 13.6. The van der Waals surface area contributed by atoms with Crippen molar-refractivity contribution in [1.82, 2.24) is 0 Å². The van der Waals surface area contributed by atoms with Gasteiger partial charge in [-0.25, -0.2) is 8.78 Å². The minimum Gasteiger partial charge on any atom is -0.359 e. The number of halogens is 3. The predicted octanol–water partition coefficient (Wildman–Crippen LogP) is 4.43. The first-order chi connectivity index (χ1) is 8.66. The quantitative estimate of drug-likeness (QED) is 0.733. The summed E-state index contributed by atoms with van der Waals surface area (Å²) < 4.78 is 31.8. The number of benzene rings is 2. The van der Waals surface area contributed by atoms with E-state index in [1.807, 2.05) is 18.2 Å². The van der Waals surface area contributed by atoms with Crippen LogP contribution >= 0.6 is 11.6 Å². The van der Waals surface area contributed by atoms with Crippen molar-refractivity contribution in [2.75, 3.05) is 0 Å². The lowest BCUT2D eigenvalue weighted by molar-refractivity contribution is 0.373. The third-order valence-electron chi connectivity index (χ3n) is 2.97. The van der Waals surface area contributed by atoms with Gasteiger partial charge in [-0.2, -0.15) is 0 Å². The van der Waals surface area contributed by atoms with Gasteiger partial charge in [-0.05, 0) is 12.1 Å². The average molecular weight is 267 g/mol. The lowest BCUT2D eigenvalue weighted by atomic mass is 10.0. The normalized spacial score (nSPS) is 21.9. The number of hydrogen-bond donors (Lipinski definition) is 0. The van der Waals surface area contributed by atoms with E-state index < -0.39 is 11.6 Å². The van der Waals surface area contributed by atoms with Crippen LogP contribution in [0.5, 0.6) is 0 Å². The molecule has 18 heavy (non-hydrogen) atoms. The van der Waals surface area contributed by atoms with Crippen LogP contribution < -0.4 is 0 Å². The highest BCUT2D eigenvalue weighted by Gasteiger charge is 2.43. The van der Waals surface area contributed by atoms with Crippen LogP contribution in [0, 0.1) is 11.6 Å². The summed E-state index contributed by atoms with van der Waals surface area (Å²) >= 11 is 6.04. The van der Waals surface area contributed by atoms with Gasteiger partial charge in [-0.15, -0.1) is 0 Å². The molecule has 3 rings (SSSR count). The second kappa shape index (κ2) is 4.34. The molecule has 0 aliphatic carbocycles. The Morgan fingerprint density at radius 3 is 2.39 bits per heavy atom. The zero-order chi connectivity index (χ0) is 12.7. The number of epoxide rings is 1. The molecule has 1 fully saturated rings. The summed E-state index contributed by atoms with van der Waals surface area (Å²) in [7, 11) is 0. The van der Waals surface area contributed by atoms with Gasteiger partial charge >= 0.3 is 0 Å². The zero-order valence-corrected chi connectivity index (χ0v) is 9.99. The molecule has 0 bridgehead atoms. The van der Waals surface area contributed by atoms with E-state index in [9.17, 15) is 8.78 Å². The molecule has 0 amide bonds. The fourth-order valence-electron chi connectivity index (χ4n) is 2.02. The summed E-state index contributed by atoms with van der Waals surface area (Å²) in [4.78, 5) is 0. The Kier molecular flexibility index (Phi) is 2.80. The van der Waals surface area contributed by atoms with Gasteiger partial charge in [0.2, 0.25) is 0 Å². The van der Waals surface area contributed by atoms with Gasteiger partial charge in [0.15, 0.2) is 0 Å². The fourth-order valence-corrected chi connectivity index (χ4v) is 2.27. The monoisotopic (exact) mass is 266 g/mol. The summed E-state index contributed by atoms with van der Waals surface area (Å²) in [6.07, 6.45) is -0.635. The first kappa shape index (κ1) is 11.6. The molecule has 2 unspecified atom stereocenters.